The number of fused-ring (bicyclic) bond motifs is 1. The summed E-state index contributed by atoms with van der Waals surface area (Å²) in [6.07, 6.45) is 5.47. The summed E-state index contributed by atoms with van der Waals surface area (Å²) >= 11 is 0. The first kappa shape index (κ1) is 25.5. The van der Waals surface area contributed by atoms with Gasteiger partial charge in [0.1, 0.15) is 17.5 Å². The fourth-order valence-corrected chi connectivity index (χ4v) is 4.70. The quantitative estimate of drug-likeness (QED) is 0.326. The lowest BCUT2D eigenvalue weighted by atomic mass is 10.0. The van der Waals surface area contributed by atoms with E-state index in [0.29, 0.717) is 49.3 Å². The van der Waals surface area contributed by atoms with Gasteiger partial charge in [0.25, 0.3) is 0 Å². The Hall–Kier alpha value is -4.11. The van der Waals surface area contributed by atoms with Gasteiger partial charge in [-0.2, -0.15) is 0 Å². The van der Waals surface area contributed by atoms with E-state index in [2.05, 4.69) is 20.2 Å². The topological polar surface area (TPSA) is 72.4 Å². The number of morpholine rings is 1. The fourth-order valence-electron chi connectivity index (χ4n) is 4.70. The molecule has 0 spiro atoms. The molecule has 196 valence electrons. The molecule has 9 heteroatoms. The third kappa shape index (κ3) is 4.89. The van der Waals surface area contributed by atoms with Crippen molar-refractivity contribution in [1.82, 2.24) is 15.0 Å². The van der Waals surface area contributed by atoms with Crippen molar-refractivity contribution in [2.45, 2.75) is 20.8 Å². The van der Waals surface area contributed by atoms with E-state index in [1.165, 1.54) is 6.07 Å². The molecule has 0 saturated carbocycles. The first-order valence-corrected chi connectivity index (χ1v) is 12.4. The number of halogens is 2. The lowest BCUT2D eigenvalue weighted by molar-refractivity contribution is 0.122. The number of nitrogens with one attached hydrogen (secondary N) is 1. The van der Waals surface area contributed by atoms with Gasteiger partial charge >= 0.3 is 0 Å². The second-order valence-electron chi connectivity index (χ2n) is 9.08. The Kier molecular flexibility index (Phi) is 7.20. The lowest BCUT2D eigenvalue weighted by Gasteiger charge is -2.29. The van der Waals surface area contributed by atoms with Crippen LogP contribution in [0.4, 0.5) is 26.0 Å². The van der Waals surface area contributed by atoms with E-state index in [1.54, 1.807) is 19.4 Å². The number of hydrogen-bond donors (Lipinski definition) is 1. The molecule has 0 radical (unpaired) electrons. The molecule has 0 atom stereocenters. The van der Waals surface area contributed by atoms with Crippen LogP contribution < -0.4 is 15.0 Å². The Labute approximate surface area is 220 Å². The normalized spacial score (nSPS) is 13.9. The van der Waals surface area contributed by atoms with Crippen molar-refractivity contribution in [1.29, 1.82) is 0 Å². The predicted octanol–water partition coefficient (Wildman–Crippen LogP) is 6.21. The van der Waals surface area contributed by atoms with E-state index in [4.69, 9.17) is 14.5 Å². The third-order valence-corrected chi connectivity index (χ3v) is 6.65. The summed E-state index contributed by atoms with van der Waals surface area (Å²) in [5.41, 5.74) is 5.21. The van der Waals surface area contributed by atoms with Crippen molar-refractivity contribution in [2.75, 3.05) is 43.6 Å². The Morgan fingerprint density at radius 3 is 2.55 bits per heavy atom. The van der Waals surface area contributed by atoms with Gasteiger partial charge in [-0.3, -0.25) is 0 Å². The number of aromatic nitrogens is 3. The average molecular weight is 518 g/mol. The van der Waals surface area contributed by atoms with Gasteiger partial charge in [-0.25, -0.2) is 23.7 Å². The lowest BCUT2D eigenvalue weighted by Crippen LogP contribution is -2.36. The minimum Gasteiger partial charge on any atom is -0.481 e. The first-order chi connectivity index (χ1) is 18.4. The van der Waals surface area contributed by atoms with E-state index in [0.717, 1.165) is 34.3 Å². The molecule has 1 saturated heterocycles. The maximum Gasteiger partial charge on any atom is 0.213 e. The highest BCUT2D eigenvalue weighted by atomic mass is 19.1. The van der Waals surface area contributed by atoms with Gasteiger partial charge < -0.3 is 19.7 Å². The Balaban J connectivity index is 1.72. The zero-order valence-electron chi connectivity index (χ0n) is 21.8. The molecule has 1 N–H and O–H groups in total. The van der Waals surface area contributed by atoms with Crippen molar-refractivity contribution in [3.63, 3.8) is 0 Å². The molecule has 1 aliphatic heterocycles. The molecular weight excluding hydrogens is 488 g/mol. The second-order valence-corrected chi connectivity index (χ2v) is 9.08. The smallest absolute Gasteiger partial charge is 0.213 e. The Morgan fingerprint density at radius 2 is 1.84 bits per heavy atom. The minimum atomic E-state index is -0.684. The average Bonchev–Trinajstić information content (AvgIpc) is 2.91. The number of rotatable bonds is 6. The molecule has 5 rings (SSSR count). The van der Waals surface area contributed by atoms with Crippen LogP contribution in [0.1, 0.15) is 23.9 Å². The van der Waals surface area contributed by atoms with Gasteiger partial charge in [0.2, 0.25) is 5.88 Å². The fraction of sp³-hybridized carbons (Fsp3) is 0.276. The maximum absolute atomic E-state index is 15.3. The van der Waals surface area contributed by atoms with Crippen LogP contribution in [0.5, 0.6) is 5.88 Å². The molecule has 38 heavy (non-hydrogen) atoms. The summed E-state index contributed by atoms with van der Waals surface area (Å²) in [7, 11) is 1.57. The van der Waals surface area contributed by atoms with E-state index >= 15 is 4.39 Å². The summed E-state index contributed by atoms with van der Waals surface area (Å²) in [4.78, 5) is 16.0. The van der Waals surface area contributed by atoms with Gasteiger partial charge in [-0.05, 0) is 38.5 Å². The molecule has 1 aliphatic rings. The standard InChI is InChI=1S/C29H29F2N5O2/c1-5-6-23-17(2)29(28-22(31)13-19(30)14-25(28)34-23)35-24-15-26(36-9-11-38-12-10-36)32-16-21(24)20-7-8-27(37-4)33-18(20)3/h5-8,13-16H,9-12H2,1-4H3,(H,32,34,35)/b6-5+. The Bertz CT molecular complexity index is 1530. The molecule has 0 amide bonds. The number of nitrogens with zero attached hydrogens (tertiary/aromatic N) is 4. The summed E-state index contributed by atoms with van der Waals surface area (Å²) in [6.45, 7) is 8.31. The van der Waals surface area contributed by atoms with E-state index < -0.39 is 11.6 Å². The van der Waals surface area contributed by atoms with E-state index in [9.17, 15) is 4.39 Å². The minimum absolute atomic E-state index is 0.220. The molecule has 7 nitrogen and oxygen atoms in total. The molecule has 0 unspecified atom stereocenters. The summed E-state index contributed by atoms with van der Waals surface area (Å²) in [5.74, 6) is -0.0797. The number of hydrogen-bond acceptors (Lipinski definition) is 7. The van der Waals surface area contributed by atoms with Crippen LogP contribution in [-0.2, 0) is 4.74 Å². The molecule has 1 fully saturated rings. The van der Waals surface area contributed by atoms with Gasteiger partial charge in [0.15, 0.2) is 0 Å². The number of anilines is 3. The first-order valence-electron chi connectivity index (χ1n) is 12.4. The number of aryl methyl sites for hydroxylation is 1. The van der Waals surface area contributed by atoms with Crippen LogP contribution >= 0.6 is 0 Å². The van der Waals surface area contributed by atoms with Crippen LogP contribution in [-0.4, -0.2) is 48.4 Å². The SMILES string of the molecule is C/C=C/c1nc2cc(F)cc(F)c2c(Nc2cc(N3CCOCC3)ncc2-c2ccc(OC)nc2C)c1C. The molecule has 4 heterocycles. The van der Waals surface area contributed by atoms with Gasteiger partial charge in [0, 0.05) is 60.4 Å². The van der Waals surface area contributed by atoms with Gasteiger partial charge in [-0.15, -0.1) is 0 Å². The van der Waals surface area contributed by atoms with Crippen LogP contribution in [0.3, 0.4) is 0 Å². The number of benzene rings is 1. The van der Waals surface area contributed by atoms with E-state index in [-0.39, 0.29) is 10.9 Å². The largest absolute Gasteiger partial charge is 0.481 e. The Morgan fingerprint density at radius 1 is 1.05 bits per heavy atom. The highest BCUT2D eigenvalue weighted by molar-refractivity contribution is 5.98. The van der Waals surface area contributed by atoms with Crippen molar-refractivity contribution in [3.8, 4) is 17.0 Å². The zero-order valence-corrected chi connectivity index (χ0v) is 21.8. The monoisotopic (exact) mass is 517 g/mol. The molecule has 1 aromatic carbocycles. The molecular formula is C29H29F2N5O2. The highest BCUT2D eigenvalue weighted by Crippen LogP contribution is 2.39. The number of allylic oxidation sites excluding steroid dienone is 1. The van der Waals surface area contributed by atoms with E-state index in [1.807, 2.05) is 45.1 Å². The third-order valence-electron chi connectivity index (χ3n) is 6.65. The van der Waals surface area contributed by atoms with Crippen molar-refractivity contribution in [3.05, 3.63) is 71.2 Å². The van der Waals surface area contributed by atoms with Gasteiger partial charge in [0.05, 0.1) is 48.3 Å². The molecule has 4 aromatic rings. The second kappa shape index (κ2) is 10.7. The highest BCUT2D eigenvalue weighted by Gasteiger charge is 2.20. The summed E-state index contributed by atoms with van der Waals surface area (Å²) in [5, 5.41) is 3.70. The number of pyridine rings is 3. The van der Waals surface area contributed by atoms with Crippen molar-refractivity contribution < 1.29 is 18.3 Å². The zero-order chi connectivity index (χ0) is 26.8. The molecule has 3 aromatic heterocycles. The van der Waals surface area contributed by atoms with Crippen LogP contribution in [0, 0.1) is 25.5 Å². The predicted molar refractivity (Wildman–Crippen MR) is 146 cm³/mol. The van der Waals surface area contributed by atoms with Crippen molar-refractivity contribution >= 4 is 34.2 Å². The summed E-state index contributed by atoms with van der Waals surface area (Å²) < 4.78 is 40.2. The van der Waals surface area contributed by atoms with Crippen molar-refractivity contribution in [2.24, 2.45) is 0 Å². The van der Waals surface area contributed by atoms with Crippen LogP contribution in [0.2, 0.25) is 0 Å². The van der Waals surface area contributed by atoms with Gasteiger partial charge in [-0.1, -0.05) is 6.08 Å². The van der Waals surface area contributed by atoms with Crippen LogP contribution in [0.15, 0.2) is 42.6 Å². The molecule has 0 bridgehead atoms. The van der Waals surface area contributed by atoms with Crippen LogP contribution in [0.25, 0.3) is 28.1 Å². The number of ether oxygens (including phenoxy) is 2. The molecule has 0 aliphatic carbocycles. The number of methoxy groups -OCH3 is 1. The summed E-state index contributed by atoms with van der Waals surface area (Å²) in [6, 6.07) is 7.80. The maximum atomic E-state index is 15.3.